The van der Waals surface area contributed by atoms with Gasteiger partial charge in [0.1, 0.15) is 11.6 Å². The molecule has 2 aromatic rings. The lowest BCUT2D eigenvalue weighted by Crippen LogP contribution is -2.46. The van der Waals surface area contributed by atoms with Crippen LogP contribution in [0.3, 0.4) is 0 Å². The Labute approximate surface area is 195 Å². The molecule has 0 aliphatic heterocycles. The van der Waals surface area contributed by atoms with Crippen molar-refractivity contribution < 1.29 is 28.6 Å². The predicted molar refractivity (Wildman–Crippen MR) is 125 cm³/mol. The smallest absolute Gasteiger partial charge is 0.410 e. The third kappa shape index (κ3) is 9.45. The summed E-state index contributed by atoms with van der Waals surface area (Å²) in [7, 11) is 1.49. The maximum absolute atomic E-state index is 12.8. The van der Waals surface area contributed by atoms with Crippen LogP contribution in [0.4, 0.5) is 4.79 Å². The fourth-order valence-corrected chi connectivity index (χ4v) is 3.01. The molecule has 0 aliphatic carbocycles. The second kappa shape index (κ2) is 12.7. The largest absolute Gasteiger partial charge is 0.456 e. The molecule has 0 fully saturated rings. The highest BCUT2D eigenvalue weighted by Gasteiger charge is 2.31. The van der Waals surface area contributed by atoms with Gasteiger partial charge in [0, 0.05) is 19.2 Å². The standard InChI is InChI=1S/C26H33NO6/c1-26(2,3)33-25(30)27(4)22(16-11-17-31-18-20-12-7-5-8-13-20)24(29)32-19-23(28)21-14-9-6-10-15-21/h5-10,12-15,22H,11,16-19H2,1-4H3/t22-/m0/s1. The van der Waals surface area contributed by atoms with Gasteiger partial charge in [0.25, 0.3) is 0 Å². The molecule has 7 nitrogen and oxygen atoms in total. The molecular weight excluding hydrogens is 422 g/mol. The molecule has 0 aromatic heterocycles. The van der Waals surface area contributed by atoms with Crippen LogP contribution in [0.15, 0.2) is 60.7 Å². The topological polar surface area (TPSA) is 82.1 Å². The van der Waals surface area contributed by atoms with Gasteiger partial charge in [-0.25, -0.2) is 9.59 Å². The number of esters is 1. The summed E-state index contributed by atoms with van der Waals surface area (Å²) in [5, 5.41) is 0. The number of hydrogen-bond donors (Lipinski definition) is 0. The quantitative estimate of drug-likeness (QED) is 0.279. The van der Waals surface area contributed by atoms with Crippen LogP contribution in [0.1, 0.15) is 49.5 Å². The second-order valence-electron chi connectivity index (χ2n) is 8.68. The lowest BCUT2D eigenvalue weighted by atomic mass is 10.1. The number of carbonyl (C=O) groups is 3. The Hall–Kier alpha value is -3.19. The molecule has 33 heavy (non-hydrogen) atoms. The van der Waals surface area contributed by atoms with Gasteiger partial charge in [-0.2, -0.15) is 0 Å². The number of carbonyl (C=O) groups excluding carboxylic acids is 3. The summed E-state index contributed by atoms with van der Waals surface area (Å²) in [6, 6.07) is 17.5. The predicted octanol–water partition coefficient (Wildman–Crippen LogP) is 4.65. The lowest BCUT2D eigenvalue weighted by molar-refractivity contribution is -0.148. The lowest BCUT2D eigenvalue weighted by Gasteiger charge is -2.29. The van der Waals surface area contributed by atoms with Gasteiger partial charge in [0.05, 0.1) is 6.61 Å². The molecule has 0 saturated carbocycles. The van der Waals surface area contributed by atoms with Crippen LogP contribution in [-0.4, -0.2) is 54.7 Å². The summed E-state index contributed by atoms with van der Waals surface area (Å²) >= 11 is 0. The number of Topliss-reactive ketones (excluding diaryl/α,β-unsaturated/α-hetero) is 1. The molecule has 0 heterocycles. The number of benzene rings is 2. The molecular formula is C26H33NO6. The van der Waals surface area contributed by atoms with Crippen LogP contribution < -0.4 is 0 Å². The van der Waals surface area contributed by atoms with Crippen LogP contribution in [0, 0.1) is 0 Å². The molecule has 0 bridgehead atoms. The van der Waals surface area contributed by atoms with Crippen molar-refractivity contribution in [2.75, 3.05) is 20.3 Å². The molecule has 1 atom stereocenters. The summed E-state index contributed by atoms with van der Waals surface area (Å²) in [6.07, 6.45) is 0.193. The van der Waals surface area contributed by atoms with E-state index in [0.29, 0.717) is 31.6 Å². The van der Waals surface area contributed by atoms with Gasteiger partial charge in [-0.15, -0.1) is 0 Å². The summed E-state index contributed by atoms with van der Waals surface area (Å²) < 4.78 is 16.3. The molecule has 0 aliphatic rings. The van der Waals surface area contributed by atoms with Crippen molar-refractivity contribution in [2.24, 2.45) is 0 Å². The first-order chi connectivity index (χ1) is 15.7. The first kappa shape index (κ1) is 26.1. The van der Waals surface area contributed by atoms with Crippen LogP contribution in [0.5, 0.6) is 0 Å². The molecule has 0 saturated heterocycles. The van der Waals surface area contributed by atoms with Gasteiger partial charge in [-0.1, -0.05) is 60.7 Å². The average Bonchev–Trinajstić information content (AvgIpc) is 2.79. The monoisotopic (exact) mass is 455 g/mol. The fourth-order valence-electron chi connectivity index (χ4n) is 3.01. The molecule has 2 aromatic carbocycles. The van der Waals surface area contributed by atoms with Crippen molar-refractivity contribution in [1.29, 1.82) is 0 Å². The normalized spacial score (nSPS) is 12.0. The van der Waals surface area contributed by atoms with Crippen molar-refractivity contribution in [1.82, 2.24) is 4.90 Å². The van der Waals surface area contributed by atoms with Crippen molar-refractivity contribution in [2.45, 2.75) is 51.9 Å². The molecule has 1 amide bonds. The molecule has 0 spiro atoms. The van der Waals surface area contributed by atoms with E-state index in [-0.39, 0.29) is 5.78 Å². The Morgan fingerprint density at radius 3 is 2.15 bits per heavy atom. The van der Waals surface area contributed by atoms with E-state index in [1.54, 1.807) is 51.1 Å². The molecule has 0 radical (unpaired) electrons. The van der Waals surface area contributed by atoms with E-state index in [2.05, 4.69) is 0 Å². The van der Waals surface area contributed by atoms with Gasteiger partial charge in [0.2, 0.25) is 0 Å². The van der Waals surface area contributed by atoms with Crippen molar-refractivity contribution in [3.63, 3.8) is 0 Å². The highest BCUT2D eigenvalue weighted by atomic mass is 16.6. The number of ether oxygens (including phenoxy) is 3. The van der Waals surface area contributed by atoms with E-state index < -0.39 is 30.3 Å². The minimum absolute atomic E-state index is 0.308. The zero-order chi connectivity index (χ0) is 24.3. The SMILES string of the molecule is CN(C(=O)OC(C)(C)C)[C@@H](CCCOCc1ccccc1)C(=O)OCC(=O)c1ccccc1. The summed E-state index contributed by atoms with van der Waals surface area (Å²) in [4.78, 5) is 38.9. The third-order valence-electron chi connectivity index (χ3n) is 4.74. The molecule has 0 N–H and O–H groups in total. The minimum atomic E-state index is -0.899. The van der Waals surface area contributed by atoms with E-state index in [1.807, 2.05) is 30.3 Å². The van der Waals surface area contributed by atoms with Crippen LogP contribution in [0.25, 0.3) is 0 Å². The minimum Gasteiger partial charge on any atom is -0.456 e. The molecule has 178 valence electrons. The fraction of sp³-hybridized carbons (Fsp3) is 0.423. The maximum Gasteiger partial charge on any atom is 0.410 e. The molecule has 0 unspecified atom stereocenters. The number of likely N-dealkylation sites (N-methyl/N-ethyl adjacent to an activating group) is 1. The van der Waals surface area contributed by atoms with Crippen molar-refractivity contribution in [3.05, 3.63) is 71.8 Å². The van der Waals surface area contributed by atoms with Crippen molar-refractivity contribution >= 4 is 17.8 Å². The van der Waals surface area contributed by atoms with Gasteiger partial charge in [-0.05, 0) is 39.2 Å². The number of rotatable bonds is 11. The molecule has 2 rings (SSSR count). The molecule has 7 heteroatoms. The van der Waals surface area contributed by atoms with E-state index in [1.165, 1.54) is 11.9 Å². The summed E-state index contributed by atoms with van der Waals surface area (Å²) in [6.45, 7) is 5.73. The first-order valence-corrected chi connectivity index (χ1v) is 11.0. The number of amides is 1. The van der Waals surface area contributed by atoms with Gasteiger partial charge < -0.3 is 14.2 Å². The number of nitrogens with zero attached hydrogens (tertiary/aromatic N) is 1. The Morgan fingerprint density at radius 2 is 1.55 bits per heavy atom. The number of ketones is 1. The van der Waals surface area contributed by atoms with Gasteiger partial charge >= 0.3 is 12.1 Å². The Bertz CT molecular complexity index is 892. The van der Waals surface area contributed by atoms with E-state index in [0.717, 1.165) is 5.56 Å². The highest BCUT2D eigenvalue weighted by Crippen LogP contribution is 2.15. The first-order valence-electron chi connectivity index (χ1n) is 11.0. The number of hydrogen-bond acceptors (Lipinski definition) is 6. The van der Waals surface area contributed by atoms with Gasteiger partial charge in [-0.3, -0.25) is 9.69 Å². The van der Waals surface area contributed by atoms with Crippen LogP contribution in [0.2, 0.25) is 0 Å². The van der Waals surface area contributed by atoms with E-state index in [9.17, 15) is 14.4 Å². The summed E-state index contributed by atoms with van der Waals surface area (Å²) in [5.41, 5.74) is 0.803. The zero-order valence-corrected chi connectivity index (χ0v) is 19.8. The maximum atomic E-state index is 12.8. The zero-order valence-electron chi connectivity index (χ0n) is 19.8. The van der Waals surface area contributed by atoms with Crippen molar-refractivity contribution in [3.8, 4) is 0 Å². The van der Waals surface area contributed by atoms with E-state index >= 15 is 0 Å². The average molecular weight is 456 g/mol. The van der Waals surface area contributed by atoms with Crippen LogP contribution in [-0.2, 0) is 25.6 Å². The Morgan fingerprint density at radius 1 is 0.939 bits per heavy atom. The van der Waals surface area contributed by atoms with Gasteiger partial charge in [0.15, 0.2) is 12.4 Å². The Balaban J connectivity index is 1.94. The highest BCUT2D eigenvalue weighted by molar-refractivity contribution is 5.98. The Kier molecular flexibility index (Phi) is 10.1. The van der Waals surface area contributed by atoms with Crippen LogP contribution >= 0.6 is 0 Å². The third-order valence-corrected chi connectivity index (χ3v) is 4.74. The second-order valence-corrected chi connectivity index (χ2v) is 8.68. The van der Waals surface area contributed by atoms with E-state index in [4.69, 9.17) is 14.2 Å². The summed E-state index contributed by atoms with van der Waals surface area (Å²) in [5.74, 6) is -0.968.